The van der Waals surface area contributed by atoms with Gasteiger partial charge in [0.2, 0.25) is 0 Å². The highest BCUT2D eigenvalue weighted by atomic mass is 16.6. The number of rotatable bonds is 1. The number of hydrogen-bond donors (Lipinski definition) is 2. The first-order valence-electron chi connectivity index (χ1n) is 8.64. The van der Waals surface area contributed by atoms with Gasteiger partial charge in [-0.2, -0.15) is 0 Å². The number of aromatic hydroxyl groups is 1. The summed E-state index contributed by atoms with van der Waals surface area (Å²) in [6.07, 6.45) is 5.51. The van der Waals surface area contributed by atoms with Crippen molar-refractivity contribution in [2.24, 2.45) is 16.5 Å². The SMILES string of the molecule is CON=C1CC[C@@]2(O)[C@@H]3CCc4cc(O)ccc4[C@H]3CC[C@]12C. The van der Waals surface area contributed by atoms with Gasteiger partial charge >= 0.3 is 0 Å². The van der Waals surface area contributed by atoms with Gasteiger partial charge in [0, 0.05) is 5.41 Å². The van der Waals surface area contributed by atoms with Gasteiger partial charge in [-0.05, 0) is 73.6 Å². The molecule has 0 aliphatic heterocycles. The number of fused-ring (bicyclic) bond motifs is 5. The summed E-state index contributed by atoms with van der Waals surface area (Å²) >= 11 is 0. The Labute approximate surface area is 137 Å². The molecule has 0 aromatic heterocycles. The van der Waals surface area contributed by atoms with E-state index in [0.717, 1.165) is 44.2 Å². The van der Waals surface area contributed by atoms with E-state index in [1.54, 1.807) is 13.2 Å². The third-order valence-corrected chi connectivity index (χ3v) is 6.84. The van der Waals surface area contributed by atoms with Crippen molar-refractivity contribution in [3.8, 4) is 5.75 Å². The summed E-state index contributed by atoms with van der Waals surface area (Å²) < 4.78 is 0. The topological polar surface area (TPSA) is 62.0 Å². The van der Waals surface area contributed by atoms with Crippen LogP contribution in [0.15, 0.2) is 23.4 Å². The zero-order valence-corrected chi connectivity index (χ0v) is 13.9. The maximum Gasteiger partial charge on any atom is 0.115 e. The highest BCUT2D eigenvalue weighted by Gasteiger charge is 2.63. The third-order valence-electron chi connectivity index (χ3n) is 6.84. The van der Waals surface area contributed by atoms with Gasteiger partial charge in [0.15, 0.2) is 0 Å². The van der Waals surface area contributed by atoms with E-state index in [9.17, 15) is 10.2 Å². The minimum atomic E-state index is -0.692. The van der Waals surface area contributed by atoms with Crippen molar-refractivity contribution in [1.29, 1.82) is 0 Å². The van der Waals surface area contributed by atoms with Crippen LogP contribution in [0.5, 0.6) is 5.75 Å². The van der Waals surface area contributed by atoms with Crippen molar-refractivity contribution in [3.05, 3.63) is 29.3 Å². The molecule has 0 amide bonds. The lowest BCUT2D eigenvalue weighted by Crippen LogP contribution is -2.56. The van der Waals surface area contributed by atoms with Crippen molar-refractivity contribution < 1.29 is 15.1 Å². The number of phenols is 1. The first-order valence-corrected chi connectivity index (χ1v) is 8.64. The Bertz CT molecular complexity index is 671. The van der Waals surface area contributed by atoms with E-state index in [4.69, 9.17) is 4.84 Å². The Morgan fingerprint density at radius 1 is 1.22 bits per heavy atom. The Morgan fingerprint density at radius 2 is 2.04 bits per heavy atom. The molecule has 1 aromatic carbocycles. The molecule has 0 bridgehead atoms. The highest BCUT2D eigenvalue weighted by Crippen LogP contribution is 2.62. The van der Waals surface area contributed by atoms with Crippen LogP contribution in [-0.4, -0.2) is 28.6 Å². The molecule has 0 spiro atoms. The number of phenolic OH excluding ortho intramolecular Hbond substituents is 1. The molecule has 4 nitrogen and oxygen atoms in total. The quantitative estimate of drug-likeness (QED) is 0.781. The Hall–Kier alpha value is -1.55. The number of aryl methyl sites for hydroxylation is 1. The fraction of sp³-hybridized carbons (Fsp3) is 0.632. The van der Waals surface area contributed by atoms with E-state index >= 15 is 0 Å². The summed E-state index contributed by atoms with van der Waals surface area (Å²) in [5.74, 6) is 0.999. The van der Waals surface area contributed by atoms with E-state index in [1.807, 2.05) is 6.07 Å². The average molecular weight is 315 g/mol. The van der Waals surface area contributed by atoms with Gasteiger partial charge in [0.05, 0.1) is 11.3 Å². The minimum absolute atomic E-state index is 0.265. The van der Waals surface area contributed by atoms with Crippen LogP contribution in [0, 0.1) is 11.3 Å². The lowest BCUT2D eigenvalue weighted by Gasteiger charge is -2.54. The number of aliphatic hydroxyl groups is 1. The first-order chi connectivity index (χ1) is 11.0. The monoisotopic (exact) mass is 315 g/mol. The molecular weight excluding hydrogens is 290 g/mol. The molecule has 4 atom stereocenters. The third kappa shape index (κ3) is 1.90. The van der Waals surface area contributed by atoms with Crippen LogP contribution in [0.1, 0.15) is 56.1 Å². The lowest BCUT2D eigenvalue weighted by molar-refractivity contribution is -0.119. The normalized spacial score (nSPS) is 40.4. The standard InChI is InChI=1S/C19H25NO3/c1-18-9-7-15-14-5-4-13(21)11-12(14)3-6-16(15)19(18,22)10-8-17(18)20-23-2/h4-5,11,15-16,21-22H,3,6-10H2,1-2H3/t15-,16-,18-,19-/m1/s1. The summed E-state index contributed by atoms with van der Waals surface area (Å²) in [5.41, 5.74) is 2.65. The average Bonchev–Trinajstić information content (AvgIpc) is 2.80. The van der Waals surface area contributed by atoms with Crippen molar-refractivity contribution in [2.75, 3.05) is 7.11 Å². The zero-order chi connectivity index (χ0) is 16.2. The van der Waals surface area contributed by atoms with Crippen LogP contribution in [0.25, 0.3) is 0 Å². The highest BCUT2D eigenvalue weighted by molar-refractivity contribution is 5.93. The molecule has 124 valence electrons. The molecule has 4 heteroatoms. The number of hydrogen-bond acceptors (Lipinski definition) is 4. The zero-order valence-electron chi connectivity index (χ0n) is 13.9. The van der Waals surface area contributed by atoms with E-state index in [-0.39, 0.29) is 11.3 Å². The second-order valence-corrected chi connectivity index (χ2v) is 7.65. The predicted octanol–water partition coefficient (Wildman–Crippen LogP) is 3.37. The molecule has 3 aliphatic rings. The summed E-state index contributed by atoms with van der Waals surface area (Å²) in [7, 11) is 1.59. The van der Waals surface area contributed by atoms with Crippen molar-refractivity contribution in [3.63, 3.8) is 0 Å². The van der Waals surface area contributed by atoms with Gasteiger partial charge in [-0.15, -0.1) is 0 Å². The molecule has 0 saturated heterocycles. The molecule has 1 aromatic rings. The maximum atomic E-state index is 11.7. The predicted molar refractivity (Wildman–Crippen MR) is 88.6 cm³/mol. The Kier molecular flexibility index (Phi) is 3.24. The largest absolute Gasteiger partial charge is 0.508 e. The molecule has 23 heavy (non-hydrogen) atoms. The van der Waals surface area contributed by atoms with Crippen LogP contribution in [0.4, 0.5) is 0 Å². The number of nitrogens with zero attached hydrogens (tertiary/aromatic N) is 1. The van der Waals surface area contributed by atoms with Gasteiger partial charge in [-0.3, -0.25) is 0 Å². The molecule has 4 rings (SSSR count). The minimum Gasteiger partial charge on any atom is -0.508 e. The van der Waals surface area contributed by atoms with Crippen LogP contribution in [0.2, 0.25) is 0 Å². The van der Waals surface area contributed by atoms with Crippen molar-refractivity contribution in [1.82, 2.24) is 0 Å². The molecule has 0 unspecified atom stereocenters. The van der Waals surface area contributed by atoms with Crippen molar-refractivity contribution >= 4 is 5.71 Å². The summed E-state index contributed by atoms with van der Waals surface area (Å²) in [4.78, 5) is 5.04. The molecule has 2 saturated carbocycles. The van der Waals surface area contributed by atoms with Crippen LogP contribution < -0.4 is 0 Å². The smallest absolute Gasteiger partial charge is 0.115 e. The fourth-order valence-corrected chi connectivity index (χ4v) is 5.59. The van der Waals surface area contributed by atoms with E-state index < -0.39 is 5.60 Å². The summed E-state index contributed by atoms with van der Waals surface area (Å²) in [5, 5.41) is 25.6. The van der Waals surface area contributed by atoms with Crippen LogP contribution >= 0.6 is 0 Å². The molecule has 3 aliphatic carbocycles. The summed E-state index contributed by atoms with van der Waals surface area (Å²) in [6.45, 7) is 2.17. The fourth-order valence-electron chi connectivity index (χ4n) is 5.59. The maximum absolute atomic E-state index is 11.7. The van der Waals surface area contributed by atoms with Gasteiger partial charge in [0.25, 0.3) is 0 Å². The van der Waals surface area contributed by atoms with Crippen LogP contribution in [0.3, 0.4) is 0 Å². The second kappa shape index (κ2) is 4.97. The molecular formula is C19H25NO3. The summed E-state index contributed by atoms with van der Waals surface area (Å²) in [6, 6.07) is 5.74. The van der Waals surface area contributed by atoms with Crippen LogP contribution in [-0.2, 0) is 11.3 Å². The lowest BCUT2D eigenvalue weighted by atomic mass is 9.53. The van der Waals surface area contributed by atoms with Gasteiger partial charge in [-0.25, -0.2) is 0 Å². The van der Waals surface area contributed by atoms with E-state index in [1.165, 1.54) is 11.1 Å². The van der Waals surface area contributed by atoms with E-state index in [0.29, 0.717) is 11.7 Å². The Balaban J connectivity index is 1.75. The number of oxime groups is 1. The van der Waals surface area contributed by atoms with E-state index in [2.05, 4.69) is 18.1 Å². The number of benzene rings is 1. The Morgan fingerprint density at radius 3 is 2.83 bits per heavy atom. The van der Waals surface area contributed by atoms with Gasteiger partial charge < -0.3 is 15.1 Å². The first kappa shape index (κ1) is 15.0. The molecule has 0 radical (unpaired) electrons. The van der Waals surface area contributed by atoms with Crippen molar-refractivity contribution in [2.45, 2.75) is 57.0 Å². The molecule has 2 N–H and O–H groups in total. The van der Waals surface area contributed by atoms with Gasteiger partial charge in [-0.1, -0.05) is 18.1 Å². The molecule has 0 heterocycles. The van der Waals surface area contributed by atoms with Gasteiger partial charge in [0.1, 0.15) is 12.9 Å². The second-order valence-electron chi connectivity index (χ2n) is 7.65. The molecule has 2 fully saturated rings.